The van der Waals surface area contributed by atoms with Crippen molar-refractivity contribution >= 4 is 22.6 Å². The molecule has 0 saturated carbocycles. The molecule has 0 aliphatic carbocycles. The summed E-state index contributed by atoms with van der Waals surface area (Å²) in [4.78, 5) is 12.3. The maximum absolute atomic E-state index is 12.3. The van der Waals surface area contributed by atoms with E-state index in [0.717, 1.165) is 22.0 Å². The molecule has 4 nitrogen and oxygen atoms in total. The van der Waals surface area contributed by atoms with Crippen molar-refractivity contribution in [3.05, 3.63) is 83.4 Å². The third-order valence-corrected chi connectivity index (χ3v) is 5.07. The molecule has 140 valence electrons. The van der Waals surface area contributed by atoms with Crippen LogP contribution in [0.2, 0.25) is 0 Å². The molecule has 1 amide bonds. The van der Waals surface area contributed by atoms with E-state index in [0.29, 0.717) is 18.7 Å². The standard InChI is InChI=1S/C24H23N3O/c1-16-7-6-8-17(2)23(16)19-12-13-20-21(15-19)26-27-24(20)25-22(28)14-11-18-9-4-3-5-10-18/h3-10,12-13,15H,11,14H2,1-2H3,(H2,25,26,27,28). The SMILES string of the molecule is Cc1cccc(C)c1-c1ccc2c(NC(=O)CCc3ccccc3)n[nH]c2c1. The van der Waals surface area contributed by atoms with Crippen LogP contribution in [0.1, 0.15) is 23.1 Å². The topological polar surface area (TPSA) is 57.8 Å². The van der Waals surface area contributed by atoms with Crippen LogP contribution in [0.3, 0.4) is 0 Å². The first-order chi connectivity index (χ1) is 13.6. The molecule has 0 aliphatic rings. The number of hydrogen-bond acceptors (Lipinski definition) is 2. The Morgan fingerprint density at radius 1 is 0.964 bits per heavy atom. The summed E-state index contributed by atoms with van der Waals surface area (Å²) in [6.07, 6.45) is 1.14. The van der Waals surface area contributed by atoms with Crippen molar-refractivity contribution in [2.75, 3.05) is 5.32 Å². The van der Waals surface area contributed by atoms with Crippen molar-refractivity contribution in [2.45, 2.75) is 26.7 Å². The van der Waals surface area contributed by atoms with Gasteiger partial charge in [0.1, 0.15) is 0 Å². The highest BCUT2D eigenvalue weighted by Gasteiger charge is 2.12. The van der Waals surface area contributed by atoms with Gasteiger partial charge < -0.3 is 5.32 Å². The average molecular weight is 369 g/mol. The summed E-state index contributed by atoms with van der Waals surface area (Å²) in [5.74, 6) is 0.553. The molecule has 0 aliphatic heterocycles. The molecule has 0 saturated heterocycles. The van der Waals surface area contributed by atoms with Gasteiger partial charge in [-0.25, -0.2) is 0 Å². The number of aryl methyl sites for hydroxylation is 3. The molecular formula is C24H23N3O. The third-order valence-electron chi connectivity index (χ3n) is 5.07. The summed E-state index contributed by atoms with van der Waals surface area (Å²) >= 11 is 0. The Hall–Kier alpha value is -3.40. The molecular weight excluding hydrogens is 346 g/mol. The second kappa shape index (κ2) is 7.69. The van der Waals surface area contributed by atoms with E-state index < -0.39 is 0 Å². The normalized spacial score (nSPS) is 10.9. The Labute approximate surface area is 164 Å². The van der Waals surface area contributed by atoms with E-state index in [-0.39, 0.29) is 5.91 Å². The fraction of sp³-hybridized carbons (Fsp3) is 0.167. The fourth-order valence-electron chi connectivity index (χ4n) is 3.64. The highest BCUT2D eigenvalue weighted by molar-refractivity contribution is 6.00. The van der Waals surface area contributed by atoms with E-state index >= 15 is 0 Å². The number of amides is 1. The van der Waals surface area contributed by atoms with Crippen molar-refractivity contribution in [3.8, 4) is 11.1 Å². The molecule has 1 heterocycles. The van der Waals surface area contributed by atoms with Crippen molar-refractivity contribution in [1.29, 1.82) is 0 Å². The minimum Gasteiger partial charge on any atom is -0.309 e. The lowest BCUT2D eigenvalue weighted by atomic mass is 9.95. The lowest BCUT2D eigenvalue weighted by Gasteiger charge is -2.10. The zero-order valence-corrected chi connectivity index (χ0v) is 16.1. The molecule has 4 aromatic rings. The van der Waals surface area contributed by atoms with Crippen LogP contribution in [0.25, 0.3) is 22.0 Å². The predicted molar refractivity (Wildman–Crippen MR) is 114 cm³/mol. The number of rotatable bonds is 5. The van der Waals surface area contributed by atoms with Crippen molar-refractivity contribution in [2.24, 2.45) is 0 Å². The summed E-state index contributed by atoms with van der Waals surface area (Å²) in [5.41, 5.74) is 6.95. The average Bonchev–Trinajstić information content (AvgIpc) is 3.09. The van der Waals surface area contributed by atoms with E-state index in [4.69, 9.17) is 0 Å². The largest absolute Gasteiger partial charge is 0.309 e. The van der Waals surface area contributed by atoms with Crippen LogP contribution in [0.15, 0.2) is 66.7 Å². The van der Waals surface area contributed by atoms with Crippen LogP contribution >= 0.6 is 0 Å². The van der Waals surface area contributed by atoms with Gasteiger partial charge in [-0.15, -0.1) is 0 Å². The lowest BCUT2D eigenvalue weighted by Crippen LogP contribution is -2.12. The van der Waals surface area contributed by atoms with Crippen LogP contribution in [-0.4, -0.2) is 16.1 Å². The van der Waals surface area contributed by atoms with Gasteiger partial charge in [0.15, 0.2) is 5.82 Å². The molecule has 0 radical (unpaired) electrons. The van der Waals surface area contributed by atoms with Crippen LogP contribution in [0, 0.1) is 13.8 Å². The number of carbonyl (C=O) groups excluding carboxylic acids is 1. The zero-order chi connectivity index (χ0) is 19.5. The predicted octanol–water partition coefficient (Wildman–Crippen LogP) is 5.42. The van der Waals surface area contributed by atoms with Crippen LogP contribution in [0.4, 0.5) is 5.82 Å². The number of anilines is 1. The highest BCUT2D eigenvalue weighted by Crippen LogP contribution is 2.31. The molecule has 2 N–H and O–H groups in total. The number of H-pyrrole nitrogens is 1. The van der Waals surface area contributed by atoms with Gasteiger partial charge in [0.25, 0.3) is 0 Å². The van der Waals surface area contributed by atoms with E-state index in [1.165, 1.54) is 16.7 Å². The molecule has 1 aromatic heterocycles. The zero-order valence-electron chi connectivity index (χ0n) is 16.1. The first-order valence-electron chi connectivity index (χ1n) is 9.50. The van der Waals surface area contributed by atoms with Gasteiger partial charge in [0.05, 0.1) is 5.52 Å². The maximum Gasteiger partial charge on any atom is 0.225 e. The molecule has 0 bridgehead atoms. The first-order valence-corrected chi connectivity index (χ1v) is 9.50. The van der Waals surface area contributed by atoms with Crippen LogP contribution in [-0.2, 0) is 11.2 Å². The molecule has 0 unspecified atom stereocenters. The van der Waals surface area contributed by atoms with E-state index in [9.17, 15) is 4.79 Å². The molecule has 0 atom stereocenters. The second-order valence-electron chi connectivity index (χ2n) is 7.13. The van der Waals surface area contributed by atoms with E-state index in [1.807, 2.05) is 36.4 Å². The number of carbonyl (C=O) groups is 1. The Balaban J connectivity index is 1.53. The van der Waals surface area contributed by atoms with E-state index in [1.54, 1.807) is 0 Å². The maximum atomic E-state index is 12.3. The van der Waals surface area contributed by atoms with Crippen LogP contribution < -0.4 is 5.32 Å². The quantitative estimate of drug-likeness (QED) is 0.494. The van der Waals surface area contributed by atoms with Gasteiger partial charge in [-0.2, -0.15) is 5.10 Å². The van der Waals surface area contributed by atoms with Gasteiger partial charge in [-0.1, -0.05) is 54.6 Å². The Bertz CT molecular complexity index is 1110. The Morgan fingerprint density at radius 2 is 1.71 bits per heavy atom. The molecule has 3 aromatic carbocycles. The van der Waals surface area contributed by atoms with Crippen LogP contribution in [0.5, 0.6) is 0 Å². The number of aromatic amines is 1. The number of aromatic nitrogens is 2. The van der Waals surface area contributed by atoms with Crippen molar-refractivity contribution in [1.82, 2.24) is 10.2 Å². The molecule has 0 spiro atoms. The summed E-state index contributed by atoms with van der Waals surface area (Å²) in [6, 6.07) is 22.5. The highest BCUT2D eigenvalue weighted by atomic mass is 16.1. The molecule has 0 fully saturated rings. The van der Waals surface area contributed by atoms with Crippen molar-refractivity contribution < 1.29 is 4.79 Å². The van der Waals surface area contributed by atoms with Gasteiger partial charge >= 0.3 is 0 Å². The Morgan fingerprint density at radius 3 is 2.46 bits per heavy atom. The van der Waals surface area contributed by atoms with Crippen molar-refractivity contribution in [3.63, 3.8) is 0 Å². The number of benzene rings is 3. The summed E-state index contributed by atoms with van der Waals surface area (Å²) in [5, 5.41) is 11.2. The number of nitrogens with zero attached hydrogens (tertiary/aromatic N) is 1. The first kappa shape index (κ1) is 18.0. The molecule has 28 heavy (non-hydrogen) atoms. The van der Waals surface area contributed by atoms with Gasteiger partial charge in [0.2, 0.25) is 5.91 Å². The summed E-state index contributed by atoms with van der Waals surface area (Å²) < 4.78 is 0. The minimum absolute atomic E-state index is 0.0314. The number of hydrogen-bond donors (Lipinski definition) is 2. The molecule has 4 heteroatoms. The lowest BCUT2D eigenvalue weighted by molar-refractivity contribution is -0.116. The minimum atomic E-state index is -0.0314. The monoisotopic (exact) mass is 369 g/mol. The number of fused-ring (bicyclic) bond motifs is 1. The van der Waals surface area contributed by atoms with Gasteiger partial charge in [0, 0.05) is 11.8 Å². The van der Waals surface area contributed by atoms with E-state index in [2.05, 4.69) is 59.7 Å². The summed E-state index contributed by atoms with van der Waals surface area (Å²) in [7, 11) is 0. The van der Waals surface area contributed by atoms with Gasteiger partial charge in [-0.3, -0.25) is 9.89 Å². The summed E-state index contributed by atoms with van der Waals surface area (Å²) in [6.45, 7) is 4.25. The second-order valence-corrected chi connectivity index (χ2v) is 7.13. The third kappa shape index (κ3) is 3.67. The smallest absolute Gasteiger partial charge is 0.225 e. The Kier molecular flexibility index (Phi) is 4.94. The fourth-order valence-corrected chi connectivity index (χ4v) is 3.64. The molecule has 4 rings (SSSR count). The number of nitrogens with one attached hydrogen (secondary N) is 2. The van der Waals surface area contributed by atoms with Gasteiger partial charge in [-0.05, 0) is 60.2 Å².